The van der Waals surface area contributed by atoms with Crippen molar-refractivity contribution < 1.29 is 30.0 Å². The van der Waals surface area contributed by atoms with Crippen LogP contribution in [0.3, 0.4) is 0 Å². The maximum absolute atomic E-state index is 11.2. The van der Waals surface area contributed by atoms with Crippen molar-refractivity contribution in [3.05, 3.63) is 11.9 Å². The van der Waals surface area contributed by atoms with Gasteiger partial charge in [-0.3, -0.25) is 5.01 Å². The van der Waals surface area contributed by atoms with Crippen LogP contribution in [0.1, 0.15) is 26.2 Å². The Balaban J connectivity index is 1.88. The molecule has 0 saturated carbocycles. The molecule has 0 amide bonds. The Morgan fingerprint density at radius 1 is 1.28 bits per heavy atom. The van der Waals surface area contributed by atoms with Crippen LogP contribution in [0.5, 0.6) is 0 Å². The zero-order chi connectivity index (χ0) is 18.4. The predicted molar refractivity (Wildman–Crippen MR) is 87.8 cm³/mol. The molecule has 2 rings (SSSR count). The highest BCUT2D eigenvalue weighted by atomic mass is 16.6. The standard InChI is InChI=1S/C15H28N4O6/c1-2-5-16-6-3-4-9-7-17-18-19(9)8-10-11(20)12(21)13(22)14(25-10)15(23)24/h7,10-14,16-18,20-22H,2-6,8H2,1H3,(H,23,24). The van der Waals surface area contributed by atoms with Crippen LogP contribution in [-0.4, -0.2) is 81.6 Å². The molecule has 0 aromatic rings. The summed E-state index contributed by atoms with van der Waals surface area (Å²) >= 11 is 0. The van der Waals surface area contributed by atoms with Crippen molar-refractivity contribution in [2.45, 2.75) is 56.7 Å². The number of carboxylic acids is 1. The Hall–Kier alpha value is -1.43. The number of hydrazine groups is 2. The van der Waals surface area contributed by atoms with Crippen molar-refractivity contribution in [1.29, 1.82) is 0 Å². The molecule has 0 bridgehead atoms. The zero-order valence-corrected chi connectivity index (χ0v) is 14.3. The van der Waals surface area contributed by atoms with Gasteiger partial charge < -0.3 is 35.9 Å². The minimum absolute atomic E-state index is 0.121. The van der Waals surface area contributed by atoms with Crippen LogP contribution in [-0.2, 0) is 9.53 Å². The molecule has 5 unspecified atom stereocenters. The van der Waals surface area contributed by atoms with Crippen LogP contribution in [0, 0.1) is 0 Å². The second kappa shape index (κ2) is 9.32. The lowest BCUT2D eigenvalue weighted by Crippen LogP contribution is -2.62. The largest absolute Gasteiger partial charge is 0.479 e. The first kappa shape index (κ1) is 19.9. The summed E-state index contributed by atoms with van der Waals surface area (Å²) < 4.78 is 5.30. The molecule has 2 aliphatic rings. The van der Waals surface area contributed by atoms with Crippen LogP contribution in [0.15, 0.2) is 11.9 Å². The summed E-state index contributed by atoms with van der Waals surface area (Å²) in [4.78, 5) is 11.2. The minimum atomic E-state index is -1.67. The molecule has 144 valence electrons. The van der Waals surface area contributed by atoms with E-state index in [2.05, 4.69) is 23.2 Å². The Labute approximate surface area is 146 Å². The molecule has 10 nitrogen and oxygen atoms in total. The van der Waals surface area contributed by atoms with Gasteiger partial charge in [-0.25, -0.2) is 4.79 Å². The molecule has 2 aliphatic heterocycles. The summed E-state index contributed by atoms with van der Waals surface area (Å²) in [5, 5.41) is 43.8. The summed E-state index contributed by atoms with van der Waals surface area (Å²) in [6, 6.07) is 0. The van der Waals surface area contributed by atoms with Gasteiger partial charge in [-0.2, -0.15) is 0 Å². The van der Waals surface area contributed by atoms with E-state index in [4.69, 9.17) is 9.84 Å². The number of aliphatic carboxylic acids is 1. The normalized spacial score (nSPS) is 32.4. The smallest absolute Gasteiger partial charge is 0.335 e. The predicted octanol–water partition coefficient (Wildman–Crippen LogP) is -2.13. The molecule has 2 heterocycles. The second-order valence-electron chi connectivity index (χ2n) is 6.26. The lowest BCUT2D eigenvalue weighted by molar-refractivity contribution is -0.230. The van der Waals surface area contributed by atoms with Gasteiger partial charge >= 0.3 is 5.97 Å². The van der Waals surface area contributed by atoms with Gasteiger partial charge in [0.05, 0.1) is 6.54 Å². The fourth-order valence-electron chi connectivity index (χ4n) is 2.90. The topological polar surface area (TPSA) is 147 Å². The van der Waals surface area contributed by atoms with Gasteiger partial charge in [0.1, 0.15) is 24.4 Å². The fourth-order valence-corrected chi connectivity index (χ4v) is 2.90. The number of aliphatic hydroxyl groups is 3. The molecule has 0 spiro atoms. The van der Waals surface area contributed by atoms with E-state index in [-0.39, 0.29) is 6.54 Å². The number of rotatable bonds is 9. The van der Waals surface area contributed by atoms with Crippen molar-refractivity contribution >= 4 is 5.97 Å². The molecule has 7 N–H and O–H groups in total. The second-order valence-corrected chi connectivity index (χ2v) is 6.26. The van der Waals surface area contributed by atoms with E-state index in [1.165, 1.54) is 0 Å². The highest BCUT2D eigenvalue weighted by Crippen LogP contribution is 2.24. The molecule has 10 heteroatoms. The van der Waals surface area contributed by atoms with E-state index >= 15 is 0 Å². The van der Waals surface area contributed by atoms with Crippen LogP contribution >= 0.6 is 0 Å². The van der Waals surface area contributed by atoms with E-state index in [1.807, 2.05) is 0 Å². The number of hydrogen-bond donors (Lipinski definition) is 7. The van der Waals surface area contributed by atoms with Crippen molar-refractivity contribution in [1.82, 2.24) is 21.3 Å². The summed E-state index contributed by atoms with van der Waals surface area (Å²) in [7, 11) is 0. The number of carbonyl (C=O) groups is 1. The molecule has 25 heavy (non-hydrogen) atoms. The van der Waals surface area contributed by atoms with E-state index < -0.39 is 36.5 Å². The summed E-state index contributed by atoms with van der Waals surface area (Å²) in [5.74, 6) is -1.38. The molecular weight excluding hydrogens is 332 g/mol. The molecule has 0 aromatic heterocycles. The van der Waals surface area contributed by atoms with E-state index in [9.17, 15) is 20.1 Å². The third kappa shape index (κ3) is 5.03. The molecule has 0 radical (unpaired) electrons. The Bertz CT molecular complexity index is 477. The van der Waals surface area contributed by atoms with Gasteiger partial charge in [0.25, 0.3) is 0 Å². The number of allylic oxidation sites excluding steroid dienone is 1. The molecular formula is C15H28N4O6. The van der Waals surface area contributed by atoms with Crippen LogP contribution in [0.2, 0.25) is 0 Å². The van der Waals surface area contributed by atoms with Gasteiger partial charge in [-0.05, 0) is 32.4 Å². The average molecular weight is 360 g/mol. The highest BCUT2D eigenvalue weighted by Gasteiger charge is 2.47. The first-order chi connectivity index (χ1) is 12.0. The number of nitrogens with zero attached hydrogens (tertiary/aromatic N) is 1. The maximum atomic E-state index is 11.2. The van der Waals surface area contributed by atoms with Crippen molar-refractivity contribution in [2.24, 2.45) is 0 Å². The van der Waals surface area contributed by atoms with Crippen molar-refractivity contribution in [3.63, 3.8) is 0 Å². The maximum Gasteiger partial charge on any atom is 0.335 e. The van der Waals surface area contributed by atoms with E-state index in [0.717, 1.165) is 38.0 Å². The van der Waals surface area contributed by atoms with Crippen LogP contribution < -0.4 is 16.3 Å². The third-order valence-corrected chi connectivity index (χ3v) is 4.32. The summed E-state index contributed by atoms with van der Waals surface area (Å²) in [6.07, 6.45) is -2.64. The van der Waals surface area contributed by atoms with Gasteiger partial charge in [0.2, 0.25) is 0 Å². The number of ether oxygens (including phenoxy) is 1. The lowest BCUT2D eigenvalue weighted by Gasteiger charge is -2.40. The molecule has 0 aliphatic carbocycles. The van der Waals surface area contributed by atoms with Crippen molar-refractivity contribution in [2.75, 3.05) is 19.6 Å². The lowest BCUT2D eigenvalue weighted by atomic mass is 9.94. The van der Waals surface area contributed by atoms with Crippen LogP contribution in [0.25, 0.3) is 0 Å². The SMILES string of the molecule is CCCNCCCC1=CNNN1CC1OC(C(=O)O)C(O)C(O)C1O. The van der Waals surface area contributed by atoms with E-state index in [1.54, 1.807) is 11.2 Å². The Morgan fingerprint density at radius 2 is 2.04 bits per heavy atom. The number of carboxylic acid groups (broad SMARTS) is 1. The number of aliphatic hydroxyl groups excluding tert-OH is 3. The first-order valence-corrected chi connectivity index (χ1v) is 8.56. The molecule has 1 saturated heterocycles. The molecule has 1 fully saturated rings. The average Bonchev–Trinajstić information content (AvgIpc) is 3.02. The third-order valence-electron chi connectivity index (χ3n) is 4.32. The fraction of sp³-hybridized carbons (Fsp3) is 0.800. The number of nitrogens with one attached hydrogen (secondary N) is 3. The zero-order valence-electron chi connectivity index (χ0n) is 14.3. The van der Waals surface area contributed by atoms with Crippen molar-refractivity contribution in [3.8, 4) is 0 Å². The Kier molecular flexibility index (Phi) is 7.41. The summed E-state index contributed by atoms with van der Waals surface area (Å²) in [6.45, 7) is 4.08. The minimum Gasteiger partial charge on any atom is -0.479 e. The Morgan fingerprint density at radius 3 is 2.72 bits per heavy atom. The summed E-state index contributed by atoms with van der Waals surface area (Å²) in [5.41, 5.74) is 6.68. The first-order valence-electron chi connectivity index (χ1n) is 8.56. The molecule has 5 atom stereocenters. The van der Waals surface area contributed by atoms with Gasteiger partial charge in [-0.15, -0.1) is 5.53 Å². The van der Waals surface area contributed by atoms with Crippen LogP contribution in [0.4, 0.5) is 0 Å². The monoisotopic (exact) mass is 360 g/mol. The van der Waals surface area contributed by atoms with Gasteiger partial charge in [-0.1, -0.05) is 6.92 Å². The van der Waals surface area contributed by atoms with Gasteiger partial charge in [0, 0.05) is 11.9 Å². The van der Waals surface area contributed by atoms with Gasteiger partial charge in [0.15, 0.2) is 6.10 Å². The quantitative estimate of drug-likeness (QED) is 0.227. The van der Waals surface area contributed by atoms with E-state index in [0.29, 0.717) is 0 Å². The number of hydrogen-bond acceptors (Lipinski definition) is 9. The highest BCUT2D eigenvalue weighted by molar-refractivity contribution is 5.73. The molecule has 0 aromatic carbocycles.